The number of sulfonamides is 1. The van der Waals surface area contributed by atoms with Crippen LogP contribution in [-0.2, 0) is 16.4 Å². The predicted molar refractivity (Wildman–Crippen MR) is 102 cm³/mol. The van der Waals surface area contributed by atoms with Gasteiger partial charge in [-0.15, -0.1) is 0 Å². The van der Waals surface area contributed by atoms with Gasteiger partial charge >= 0.3 is 0 Å². The fourth-order valence-corrected chi connectivity index (χ4v) is 4.84. The molecule has 0 unspecified atom stereocenters. The monoisotopic (exact) mass is 460 g/mol. The Kier molecular flexibility index (Phi) is 6.25. The second-order valence-corrected chi connectivity index (χ2v) is 8.79. The van der Waals surface area contributed by atoms with E-state index in [0.717, 1.165) is 15.7 Å². The fraction of sp³-hybridized carbons (Fsp3) is 0.250. The second-order valence-electron chi connectivity index (χ2n) is 5.28. The van der Waals surface area contributed by atoms with Crippen molar-refractivity contribution in [1.82, 2.24) is 4.72 Å². The van der Waals surface area contributed by atoms with E-state index < -0.39 is 10.0 Å². The molecule has 0 aliphatic carbocycles. The Morgan fingerprint density at radius 1 is 1.04 bits per heavy atom. The Hall–Kier alpha value is -0.890. The number of benzene rings is 2. The first-order valence-corrected chi connectivity index (χ1v) is 10.1. The lowest BCUT2D eigenvalue weighted by Gasteiger charge is -2.13. The lowest BCUT2D eigenvalue weighted by Crippen LogP contribution is -2.26. The van der Waals surface area contributed by atoms with Crippen LogP contribution in [0, 0.1) is 0 Å². The van der Waals surface area contributed by atoms with Gasteiger partial charge in [0.2, 0.25) is 10.0 Å². The molecule has 0 aromatic heterocycles. The first-order chi connectivity index (χ1) is 10.8. The molecule has 0 radical (unpaired) electrons. The summed E-state index contributed by atoms with van der Waals surface area (Å²) in [7, 11) is 0.445. The van der Waals surface area contributed by atoms with E-state index >= 15 is 0 Å². The van der Waals surface area contributed by atoms with E-state index in [1.807, 2.05) is 43.3 Å². The van der Waals surface area contributed by atoms with E-state index in [1.54, 1.807) is 18.2 Å². The van der Waals surface area contributed by atoms with Gasteiger partial charge in [-0.25, -0.2) is 13.1 Å². The predicted octanol–water partition coefficient (Wildman–Crippen LogP) is 3.80. The minimum absolute atomic E-state index is 0.239. The standard InChI is InChI=1S/C16H18Br2N2O2S/c1-20(2)14-6-3-12(4-7-14)9-10-19-23(21,22)16-8-5-13(17)11-15(16)18/h3-8,11,19H,9-10H2,1-2H3. The van der Waals surface area contributed by atoms with E-state index in [9.17, 15) is 8.42 Å². The zero-order valence-electron chi connectivity index (χ0n) is 12.9. The second kappa shape index (κ2) is 7.79. The first kappa shape index (κ1) is 18.4. The Morgan fingerprint density at radius 3 is 2.26 bits per heavy atom. The Morgan fingerprint density at radius 2 is 1.70 bits per heavy atom. The molecule has 2 aromatic rings. The Balaban J connectivity index is 1.99. The van der Waals surface area contributed by atoms with E-state index in [1.165, 1.54) is 0 Å². The minimum atomic E-state index is -3.53. The van der Waals surface area contributed by atoms with Gasteiger partial charge in [-0.05, 0) is 58.2 Å². The van der Waals surface area contributed by atoms with Crippen LogP contribution in [0.5, 0.6) is 0 Å². The van der Waals surface area contributed by atoms with Crippen LogP contribution >= 0.6 is 31.9 Å². The van der Waals surface area contributed by atoms with Gasteiger partial charge in [-0.3, -0.25) is 0 Å². The summed E-state index contributed by atoms with van der Waals surface area (Å²) in [4.78, 5) is 2.26. The molecular formula is C16H18Br2N2O2S. The highest BCUT2D eigenvalue weighted by atomic mass is 79.9. The number of nitrogens with one attached hydrogen (secondary N) is 1. The highest BCUT2D eigenvalue weighted by Gasteiger charge is 2.17. The molecule has 7 heteroatoms. The summed E-state index contributed by atoms with van der Waals surface area (Å²) in [5.41, 5.74) is 2.21. The molecule has 4 nitrogen and oxygen atoms in total. The van der Waals surface area contributed by atoms with Gasteiger partial charge in [0.15, 0.2) is 0 Å². The van der Waals surface area contributed by atoms with E-state index in [4.69, 9.17) is 0 Å². The van der Waals surface area contributed by atoms with Crippen molar-refractivity contribution in [2.24, 2.45) is 0 Å². The van der Waals surface area contributed by atoms with Crippen molar-refractivity contribution >= 4 is 47.6 Å². The third kappa shape index (κ3) is 5.04. The van der Waals surface area contributed by atoms with Crippen molar-refractivity contribution in [2.75, 3.05) is 25.5 Å². The van der Waals surface area contributed by atoms with Gasteiger partial charge in [0.1, 0.15) is 0 Å². The van der Waals surface area contributed by atoms with E-state index in [-0.39, 0.29) is 4.90 Å². The molecule has 0 fully saturated rings. The molecule has 0 amide bonds. The molecule has 0 aliphatic rings. The smallest absolute Gasteiger partial charge is 0.241 e. The maximum absolute atomic E-state index is 12.3. The number of hydrogen-bond acceptors (Lipinski definition) is 3. The molecule has 2 rings (SSSR count). The molecule has 0 saturated heterocycles. The summed E-state index contributed by atoms with van der Waals surface area (Å²) in [6, 6.07) is 13.1. The highest BCUT2D eigenvalue weighted by molar-refractivity contribution is 9.11. The van der Waals surface area contributed by atoms with Gasteiger partial charge in [-0.1, -0.05) is 28.1 Å². The van der Waals surface area contributed by atoms with Crippen molar-refractivity contribution < 1.29 is 8.42 Å². The van der Waals surface area contributed by atoms with Crippen LogP contribution in [0.3, 0.4) is 0 Å². The Labute approximate surface area is 154 Å². The lowest BCUT2D eigenvalue weighted by molar-refractivity contribution is 0.581. The SMILES string of the molecule is CN(C)c1ccc(CCNS(=O)(=O)c2ccc(Br)cc2Br)cc1. The van der Waals surface area contributed by atoms with Gasteiger partial charge in [0.25, 0.3) is 0 Å². The average Bonchev–Trinajstić information content (AvgIpc) is 2.47. The van der Waals surface area contributed by atoms with Crippen LogP contribution in [0.15, 0.2) is 56.3 Å². The van der Waals surface area contributed by atoms with Crippen LogP contribution in [0.4, 0.5) is 5.69 Å². The third-order valence-electron chi connectivity index (χ3n) is 3.34. The molecule has 0 spiro atoms. The molecular weight excluding hydrogens is 444 g/mol. The maximum atomic E-state index is 12.3. The minimum Gasteiger partial charge on any atom is -0.378 e. The maximum Gasteiger partial charge on any atom is 0.241 e. The summed E-state index contributed by atoms with van der Waals surface area (Å²) in [5.74, 6) is 0. The molecule has 0 aliphatic heterocycles. The summed E-state index contributed by atoms with van der Waals surface area (Å²) < 4.78 is 28.7. The van der Waals surface area contributed by atoms with Crippen molar-refractivity contribution in [3.05, 3.63) is 57.0 Å². The summed E-state index contributed by atoms with van der Waals surface area (Å²) in [6.07, 6.45) is 0.640. The van der Waals surface area contributed by atoms with E-state index in [0.29, 0.717) is 17.4 Å². The van der Waals surface area contributed by atoms with Crippen LogP contribution in [0.1, 0.15) is 5.56 Å². The van der Waals surface area contributed by atoms with Gasteiger partial charge < -0.3 is 4.90 Å². The lowest BCUT2D eigenvalue weighted by atomic mass is 10.1. The van der Waals surface area contributed by atoms with Crippen LogP contribution in [-0.4, -0.2) is 29.1 Å². The van der Waals surface area contributed by atoms with Gasteiger partial charge in [0.05, 0.1) is 4.90 Å². The quantitative estimate of drug-likeness (QED) is 0.711. The van der Waals surface area contributed by atoms with Crippen LogP contribution in [0.25, 0.3) is 0 Å². The molecule has 124 valence electrons. The van der Waals surface area contributed by atoms with Gasteiger partial charge in [0, 0.05) is 35.3 Å². The molecule has 0 heterocycles. The molecule has 1 N–H and O–H groups in total. The summed E-state index contributed by atoms with van der Waals surface area (Å²) >= 11 is 6.60. The average molecular weight is 462 g/mol. The third-order valence-corrected chi connectivity index (χ3v) is 6.27. The van der Waals surface area contributed by atoms with Crippen LogP contribution in [0.2, 0.25) is 0 Å². The number of hydrogen-bond donors (Lipinski definition) is 1. The van der Waals surface area contributed by atoms with Crippen LogP contribution < -0.4 is 9.62 Å². The topological polar surface area (TPSA) is 49.4 Å². The number of anilines is 1. The molecule has 0 bridgehead atoms. The molecule has 23 heavy (non-hydrogen) atoms. The zero-order chi connectivity index (χ0) is 17.0. The zero-order valence-corrected chi connectivity index (χ0v) is 16.9. The number of nitrogens with zero attached hydrogens (tertiary/aromatic N) is 1. The van der Waals surface area contributed by atoms with Crippen molar-refractivity contribution in [1.29, 1.82) is 0 Å². The van der Waals surface area contributed by atoms with E-state index in [2.05, 4.69) is 36.6 Å². The highest BCUT2D eigenvalue weighted by Crippen LogP contribution is 2.25. The number of rotatable bonds is 6. The first-order valence-electron chi connectivity index (χ1n) is 7.00. The van der Waals surface area contributed by atoms with Crippen molar-refractivity contribution in [2.45, 2.75) is 11.3 Å². The normalized spacial score (nSPS) is 11.5. The summed E-state index contributed by atoms with van der Waals surface area (Å²) in [5, 5.41) is 0. The molecule has 2 aromatic carbocycles. The Bertz CT molecular complexity index is 775. The summed E-state index contributed by atoms with van der Waals surface area (Å²) in [6.45, 7) is 0.353. The van der Waals surface area contributed by atoms with Gasteiger partial charge in [-0.2, -0.15) is 0 Å². The largest absolute Gasteiger partial charge is 0.378 e. The number of halogens is 2. The fourth-order valence-electron chi connectivity index (χ4n) is 2.06. The molecule has 0 atom stereocenters. The van der Waals surface area contributed by atoms with Crippen molar-refractivity contribution in [3.63, 3.8) is 0 Å². The molecule has 0 saturated carbocycles. The van der Waals surface area contributed by atoms with Crippen molar-refractivity contribution in [3.8, 4) is 0 Å².